The number of nitrogen functional groups attached to an aromatic ring is 1. The van der Waals surface area contributed by atoms with Gasteiger partial charge >= 0.3 is 0 Å². The zero-order valence-electron chi connectivity index (χ0n) is 4.91. The molecule has 0 spiro atoms. The van der Waals surface area contributed by atoms with Gasteiger partial charge in [0.25, 0.3) is 5.56 Å². The van der Waals surface area contributed by atoms with Gasteiger partial charge in [-0.15, -0.1) is 0 Å². The van der Waals surface area contributed by atoms with Crippen LogP contribution < -0.4 is 11.3 Å². The van der Waals surface area contributed by atoms with Crippen molar-refractivity contribution in [3.05, 3.63) is 26.2 Å². The van der Waals surface area contributed by atoms with Crippen LogP contribution in [-0.2, 0) is 0 Å². The molecule has 1 rings (SSSR count). The van der Waals surface area contributed by atoms with Crippen LogP contribution in [0.2, 0.25) is 0 Å². The fourth-order valence-corrected chi connectivity index (χ4v) is 1.61. The van der Waals surface area contributed by atoms with Gasteiger partial charge in [-0.2, -0.15) is 0 Å². The summed E-state index contributed by atoms with van der Waals surface area (Å²) in [5.74, 6) is 0. The van der Waals surface area contributed by atoms with Crippen LogP contribution in [0, 0.1) is 3.57 Å². The van der Waals surface area contributed by atoms with E-state index in [1.54, 1.807) is 6.07 Å². The third kappa shape index (κ3) is 1.46. The molecule has 0 saturated heterocycles. The van der Waals surface area contributed by atoms with Gasteiger partial charge in [-0.1, -0.05) is 12.8 Å². The van der Waals surface area contributed by atoms with E-state index in [0.29, 0.717) is 9.26 Å². The number of nitrogens with zero attached hydrogens (tertiary/aromatic N) is 1. The van der Waals surface area contributed by atoms with Crippen molar-refractivity contribution >= 4 is 41.1 Å². The van der Waals surface area contributed by atoms with Crippen molar-refractivity contribution in [2.75, 3.05) is 5.73 Å². The van der Waals surface area contributed by atoms with Crippen LogP contribution in [0.5, 0.6) is 0 Å². The Kier molecular flexibility index (Phi) is 2.24. The summed E-state index contributed by atoms with van der Waals surface area (Å²) in [7, 11) is 0. The van der Waals surface area contributed by atoms with Gasteiger partial charge in [-0.05, 0) is 28.7 Å². The molecule has 0 aliphatic heterocycles. The molecule has 3 nitrogen and oxygen atoms in total. The number of hydrogen-bond donors (Lipinski definition) is 2. The Morgan fingerprint density at radius 2 is 2.30 bits per heavy atom. The molecule has 0 aromatic carbocycles. The maximum atomic E-state index is 10.9. The fourth-order valence-electron chi connectivity index (χ4n) is 0.555. The van der Waals surface area contributed by atoms with Crippen molar-refractivity contribution in [3.63, 3.8) is 0 Å². The third-order valence-corrected chi connectivity index (χ3v) is 2.05. The molecular formula is C5H5IN2OS. The van der Waals surface area contributed by atoms with Crippen molar-refractivity contribution in [3.8, 4) is 0 Å². The number of thiol groups is 1. The minimum absolute atomic E-state index is 0.141. The van der Waals surface area contributed by atoms with Gasteiger partial charge in [0.2, 0.25) is 0 Å². The van der Waals surface area contributed by atoms with Gasteiger partial charge in [-0.3, -0.25) is 8.77 Å². The maximum Gasteiger partial charge on any atom is 0.273 e. The van der Waals surface area contributed by atoms with E-state index in [0.717, 1.165) is 3.97 Å². The Bertz CT molecular complexity index is 283. The van der Waals surface area contributed by atoms with Crippen LogP contribution in [0.15, 0.2) is 17.1 Å². The van der Waals surface area contributed by atoms with Gasteiger partial charge in [0.05, 0.1) is 9.26 Å². The van der Waals surface area contributed by atoms with E-state index >= 15 is 0 Å². The van der Waals surface area contributed by atoms with Crippen LogP contribution >= 0.6 is 35.4 Å². The van der Waals surface area contributed by atoms with Crippen molar-refractivity contribution in [2.24, 2.45) is 0 Å². The van der Waals surface area contributed by atoms with Crippen molar-refractivity contribution in [1.82, 2.24) is 3.97 Å². The molecular weight excluding hydrogens is 263 g/mol. The van der Waals surface area contributed by atoms with E-state index in [9.17, 15) is 4.79 Å². The highest BCUT2D eigenvalue weighted by atomic mass is 127. The molecule has 0 atom stereocenters. The Labute approximate surface area is 76.9 Å². The first kappa shape index (κ1) is 7.93. The molecule has 10 heavy (non-hydrogen) atoms. The summed E-state index contributed by atoms with van der Waals surface area (Å²) >= 11 is 5.77. The van der Waals surface area contributed by atoms with Gasteiger partial charge in [0.15, 0.2) is 0 Å². The average Bonchev–Trinajstić information content (AvgIpc) is 1.82. The molecule has 0 amide bonds. The number of nitrogens with two attached hydrogens (primary N) is 1. The third-order valence-electron chi connectivity index (χ3n) is 0.977. The lowest BCUT2D eigenvalue weighted by Gasteiger charge is -1.97. The molecule has 1 aromatic rings. The monoisotopic (exact) mass is 268 g/mol. The molecule has 2 N–H and O–H groups in total. The molecule has 0 fully saturated rings. The molecule has 0 aliphatic carbocycles. The number of pyridine rings is 1. The lowest BCUT2D eigenvalue weighted by atomic mass is 10.4. The van der Waals surface area contributed by atoms with Gasteiger partial charge in [0.1, 0.15) is 0 Å². The number of rotatable bonds is 0. The van der Waals surface area contributed by atoms with Crippen molar-refractivity contribution < 1.29 is 0 Å². The smallest absolute Gasteiger partial charge is 0.273 e. The summed E-state index contributed by atoms with van der Waals surface area (Å²) in [6.45, 7) is 0. The lowest BCUT2D eigenvalue weighted by Crippen LogP contribution is -2.15. The van der Waals surface area contributed by atoms with Crippen LogP contribution in [0.25, 0.3) is 0 Å². The molecule has 1 heterocycles. The predicted molar refractivity (Wildman–Crippen MR) is 52.2 cm³/mol. The quantitative estimate of drug-likeness (QED) is 0.538. The normalized spacial score (nSPS) is 9.80. The number of aromatic nitrogens is 1. The highest BCUT2D eigenvalue weighted by molar-refractivity contribution is 14.1. The first-order valence-electron chi connectivity index (χ1n) is 2.48. The summed E-state index contributed by atoms with van der Waals surface area (Å²) in [5.41, 5.74) is 5.82. The lowest BCUT2D eigenvalue weighted by molar-refractivity contribution is 1.14. The zero-order valence-corrected chi connectivity index (χ0v) is 7.96. The van der Waals surface area contributed by atoms with E-state index < -0.39 is 0 Å². The summed E-state index contributed by atoms with van der Waals surface area (Å²) in [5, 5.41) is 0. The van der Waals surface area contributed by atoms with E-state index in [1.807, 2.05) is 22.6 Å². The molecule has 0 unspecified atom stereocenters. The van der Waals surface area contributed by atoms with E-state index in [1.165, 1.54) is 6.20 Å². The van der Waals surface area contributed by atoms with Gasteiger partial charge in [-0.25, -0.2) is 0 Å². The highest BCUT2D eigenvalue weighted by Crippen LogP contribution is 2.04. The Morgan fingerprint density at radius 1 is 1.70 bits per heavy atom. The summed E-state index contributed by atoms with van der Waals surface area (Å²) in [6, 6.07) is 1.61. The molecule has 1 aromatic heterocycles. The van der Waals surface area contributed by atoms with Crippen molar-refractivity contribution in [2.45, 2.75) is 0 Å². The Balaban J connectivity index is 3.46. The molecule has 0 saturated carbocycles. The fraction of sp³-hybridized carbons (Fsp3) is 0. The van der Waals surface area contributed by atoms with E-state index in [4.69, 9.17) is 5.73 Å². The summed E-state index contributed by atoms with van der Waals surface area (Å²) in [6.07, 6.45) is 1.47. The van der Waals surface area contributed by atoms with Crippen LogP contribution in [0.4, 0.5) is 5.69 Å². The number of anilines is 1. The van der Waals surface area contributed by atoms with Crippen LogP contribution in [-0.4, -0.2) is 3.97 Å². The first-order valence-corrected chi connectivity index (χ1v) is 3.96. The summed E-state index contributed by atoms with van der Waals surface area (Å²) in [4.78, 5) is 10.9. The van der Waals surface area contributed by atoms with E-state index in [2.05, 4.69) is 12.8 Å². The molecule has 0 bridgehead atoms. The van der Waals surface area contributed by atoms with E-state index in [-0.39, 0.29) is 5.56 Å². The predicted octanol–water partition coefficient (Wildman–Crippen LogP) is 0.728. The second-order valence-electron chi connectivity index (χ2n) is 1.77. The standard InChI is InChI=1S/C5H5IN2OS/c6-4-1-3(7)2-8(10)5(4)9/h1-2,10H,7H2. The second-order valence-corrected chi connectivity index (χ2v) is 3.36. The van der Waals surface area contributed by atoms with Gasteiger partial charge in [0, 0.05) is 6.20 Å². The minimum atomic E-state index is -0.141. The average molecular weight is 268 g/mol. The first-order chi connectivity index (χ1) is 4.61. The zero-order chi connectivity index (χ0) is 7.72. The topological polar surface area (TPSA) is 48.0 Å². The highest BCUT2D eigenvalue weighted by Gasteiger charge is 1.97. The Hall–Kier alpha value is -0.170. The summed E-state index contributed by atoms with van der Waals surface area (Å²) < 4.78 is 1.74. The number of halogens is 1. The van der Waals surface area contributed by atoms with Gasteiger partial charge < -0.3 is 5.73 Å². The minimum Gasteiger partial charge on any atom is -0.397 e. The largest absolute Gasteiger partial charge is 0.397 e. The number of hydrogen-bond acceptors (Lipinski definition) is 3. The van der Waals surface area contributed by atoms with Crippen LogP contribution in [0.1, 0.15) is 0 Å². The second kappa shape index (κ2) is 2.83. The Morgan fingerprint density at radius 3 is 2.80 bits per heavy atom. The molecule has 54 valence electrons. The molecule has 0 aliphatic rings. The molecule has 5 heteroatoms. The SMILES string of the molecule is Nc1cc(I)c(=O)n(S)c1. The maximum absolute atomic E-state index is 10.9. The molecule has 0 radical (unpaired) electrons. The van der Waals surface area contributed by atoms with Crippen molar-refractivity contribution in [1.29, 1.82) is 0 Å². The van der Waals surface area contributed by atoms with Crippen LogP contribution in [0.3, 0.4) is 0 Å².